The van der Waals surface area contributed by atoms with Crippen molar-refractivity contribution in [3.63, 3.8) is 0 Å². The van der Waals surface area contributed by atoms with Crippen LogP contribution in [0.15, 0.2) is 30.3 Å². The highest BCUT2D eigenvalue weighted by atomic mass is 16.5. The van der Waals surface area contributed by atoms with E-state index in [9.17, 15) is 4.79 Å². The summed E-state index contributed by atoms with van der Waals surface area (Å²) >= 11 is 0. The minimum Gasteiger partial charge on any atom is -0.481 e. The molecule has 3 heteroatoms. The van der Waals surface area contributed by atoms with Gasteiger partial charge in [-0.15, -0.1) is 0 Å². The molecule has 0 aliphatic carbocycles. The molecule has 0 radical (unpaired) electrons. The Morgan fingerprint density at radius 3 is 2.08 bits per heavy atom. The Bertz CT molecular complexity index is 775. The van der Waals surface area contributed by atoms with Crippen LogP contribution in [0.3, 0.4) is 0 Å². The molecule has 0 aromatic heterocycles. The lowest BCUT2D eigenvalue weighted by Gasteiger charge is -2.23. The van der Waals surface area contributed by atoms with Gasteiger partial charge in [0, 0.05) is 0 Å². The SMILES string of the molecule is CCC(Oc1cc(C)cc(C)c1)C(=O)NC(C)c1cc(C)c(C)cc1C. The van der Waals surface area contributed by atoms with Crippen molar-refractivity contribution in [1.29, 1.82) is 0 Å². The first-order chi connectivity index (χ1) is 12.2. The molecule has 0 spiro atoms. The second-order valence-electron chi connectivity index (χ2n) is 7.36. The third kappa shape index (κ3) is 4.87. The van der Waals surface area contributed by atoms with E-state index in [0.717, 1.165) is 22.4 Å². The number of carbonyl (C=O) groups excluding carboxylic acids is 1. The standard InChI is InChI=1S/C23H31NO2/c1-8-22(26-20-10-14(2)9-15(3)11-20)23(25)24-19(7)21-13-17(5)16(4)12-18(21)6/h9-13,19,22H,8H2,1-7H3,(H,24,25). The van der Waals surface area contributed by atoms with Gasteiger partial charge in [0.25, 0.3) is 5.91 Å². The smallest absolute Gasteiger partial charge is 0.261 e. The number of amides is 1. The van der Waals surface area contributed by atoms with Gasteiger partial charge in [-0.25, -0.2) is 0 Å². The van der Waals surface area contributed by atoms with Crippen LogP contribution in [0, 0.1) is 34.6 Å². The van der Waals surface area contributed by atoms with Gasteiger partial charge in [0.2, 0.25) is 0 Å². The van der Waals surface area contributed by atoms with Crippen molar-refractivity contribution in [3.8, 4) is 5.75 Å². The number of hydrogen-bond donors (Lipinski definition) is 1. The number of hydrogen-bond acceptors (Lipinski definition) is 2. The fourth-order valence-corrected chi connectivity index (χ4v) is 3.32. The maximum atomic E-state index is 12.8. The predicted octanol–water partition coefficient (Wildman–Crippen LogP) is 5.26. The summed E-state index contributed by atoms with van der Waals surface area (Å²) in [6.07, 6.45) is 0.128. The van der Waals surface area contributed by atoms with E-state index in [-0.39, 0.29) is 11.9 Å². The molecule has 3 nitrogen and oxygen atoms in total. The zero-order chi connectivity index (χ0) is 19.4. The number of ether oxygens (including phenoxy) is 1. The Balaban J connectivity index is 2.12. The first-order valence-corrected chi connectivity index (χ1v) is 9.34. The maximum Gasteiger partial charge on any atom is 0.261 e. The first-order valence-electron chi connectivity index (χ1n) is 9.34. The molecule has 2 aromatic carbocycles. The lowest BCUT2D eigenvalue weighted by atomic mass is 9.96. The number of carbonyl (C=O) groups is 1. The summed E-state index contributed by atoms with van der Waals surface area (Å²) in [6.45, 7) is 14.4. The van der Waals surface area contributed by atoms with Gasteiger partial charge in [-0.05, 0) is 93.5 Å². The quantitative estimate of drug-likeness (QED) is 0.769. The van der Waals surface area contributed by atoms with E-state index in [1.807, 2.05) is 39.8 Å². The second kappa shape index (κ2) is 8.39. The van der Waals surface area contributed by atoms with Crippen LogP contribution in [-0.2, 0) is 4.79 Å². The molecule has 2 unspecified atom stereocenters. The van der Waals surface area contributed by atoms with E-state index >= 15 is 0 Å². The lowest BCUT2D eigenvalue weighted by molar-refractivity contribution is -0.128. The highest BCUT2D eigenvalue weighted by molar-refractivity contribution is 5.81. The Morgan fingerprint density at radius 2 is 1.50 bits per heavy atom. The maximum absolute atomic E-state index is 12.8. The first kappa shape index (κ1) is 20.0. The molecule has 0 aliphatic rings. The molecule has 1 amide bonds. The summed E-state index contributed by atoms with van der Waals surface area (Å²) in [6, 6.07) is 10.3. The van der Waals surface area contributed by atoms with Crippen LogP contribution >= 0.6 is 0 Å². The van der Waals surface area contributed by atoms with Crippen LogP contribution in [0.2, 0.25) is 0 Å². The lowest BCUT2D eigenvalue weighted by Crippen LogP contribution is -2.39. The molecule has 0 saturated heterocycles. The van der Waals surface area contributed by atoms with Crippen molar-refractivity contribution in [2.45, 2.75) is 67.0 Å². The molecule has 0 fully saturated rings. The number of aryl methyl sites for hydroxylation is 5. The summed E-state index contributed by atoms with van der Waals surface area (Å²) < 4.78 is 5.98. The van der Waals surface area contributed by atoms with E-state index < -0.39 is 6.10 Å². The molecule has 0 aliphatic heterocycles. The van der Waals surface area contributed by atoms with Crippen molar-refractivity contribution >= 4 is 5.91 Å². The van der Waals surface area contributed by atoms with Crippen LogP contribution in [-0.4, -0.2) is 12.0 Å². The minimum atomic E-state index is -0.495. The van der Waals surface area contributed by atoms with Gasteiger partial charge in [0.1, 0.15) is 5.75 Å². The molecule has 0 bridgehead atoms. The molecular formula is C23H31NO2. The largest absolute Gasteiger partial charge is 0.481 e. The topological polar surface area (TPSA) is 38.3 Å². The van der Waals surface area contributed by atoms with Gasteiger partial charge < -0.3 is 10.1 Å². The van der Waals surface area contributed by atoms with E-state index in [2.05, 4.69) is 44.3 Å². The summed E-state index contributed by atoms with van der Waals surface area (Å²) in [4.78, 5) is 12.8. The van der Waals surface area contributed by atoms with E-state index in [0.29, 0.717) is 6.42 Å². The van der Waals surface area contributed by atoms with E-state index in [1.54, 1.807) is 0 Å². The average molecular weight is 354 g/mol. The number of benzene rings is 2. The second-order valence-corrected chi connectivity index (χ2v) is 7.36. The van der Waals surface area contributed by atoms with Crippen LogP contribution in [0.4, 0.5) is 0 Å². The van der Waals surface area contributed by atoms with Gasteiger partial charge in [-0.1, -0.05) is 25.1 Å². The van der Waals surface area contributed by atoms with Crippen molar-refractivity contribution in [1.82, 2.24) is 5.32 Å². The molecule has 2 rings (SSSR count). The molecule has 1 N–H and O–H groups in total. The Labute approximate surface area is 157 Å². The van der Waals surface area contributed by atoms with Crippen LogP contribution in [0.5, 0.6) is 5.75 Å². The minimum absolute atomic E-state index is 0.0568. The van der Waals surface area contributed by atoms with Crippen LogP contribution in [0.25, 0.3) is 0 Å². The number of rotatable bonds is 6. The number of nitrogens with one attached hydrogen (secondary N) is 1. The Morgan fingerprint density at radius 1 is 0.923 bits per heavy atom. The molecule has 2 atom stereocenters. The van der Waals surface area contributed by atoms with E-state index in [4.69, 9.17) is 4.74 Å². The van der Waals surface area contributed by atoms with Crippen molar-refractivity contribution in [3.05, 3.63) is 63.7 Å². The Hall–Kier alpha value is -2.29. The molecule has 0 heterocycles. The van der Waals surface area contributed by atoms with Crippen molar-refractivity contribution in [2.24, 2.45) is 0 Å². The van der Waals surface area contributed by atoms with Gasteiger partial charge in [-0.3, -0.25) is 4.79 Å². The molecule has 0 saturated carbocycles. The summed E-state index contributed by atoms with van der Waals surface area (Å²) in [7, 11) is 0. The Kier molecular flexibility index (Phi) is 6.47. The van der Waals surface area contributed by atoms with Gasteiger partial charge >= 0.3 is 0 Å². The highest BCUT2D eigenvalue weighted by Gasteiger charge is 2.21. The monoisotopic (exact) mass is 353 g/mol. The van der Waals surface area contributed by atoms with Crippen molar-refractivity contribution < 1.29 is 9.53 Å². The molecule has 140 valence electrons. The predicted molar refractivity (Wildman–Crippen MR) is 108 cm³/mol. The van der Waals surface area contributed by atoms with E-state index in [1.165, 1.54) is 16.7 Å². The summed E-state index contributed by atoms with van der Waals surface area (Å²) in [5, 5.41) is 3.12. The fourth-order valence-electron chi connectivity index (χ4n) is 3.32. The highest BCUT2D eigenvalue weighted by Crippen LogP contribution is 2.23. The van der Waals surface area contributed by atoms with Gasteiger partial charge in [0.05, 0.1) is 6.04 Å². The molecule has 2 aromatic rings. The van der Waals surface area contributed by atoms with Gasteiger partial charge in [0.15, 0.2) is 6.10 Å². The third-order valence-corrected chi connectivity index (χ3v) is 4.84. The molecule has 26 heavy (non-hydrogen) atoms. The summed E-state index contributed by atoms with van der Waals surface area (Å²) in [5.41, 5.74) is 7.13. The summed E-state index contributed by atoms with van der Waals surface area (Å²) in [5.74, 6) is 0.677. The van der Waals surface area contributed by atoms with Gasteiger partial charge in [-0.2, -0.15) is 0 Å². The third-order valence-electron chi connectivity index (χ3n) is 4.84. The average Bonchev–Trinajstić information content (AvgIpc) is 2.54. The zero-order valence-corrected chi connectivity index (χ0v) is 17.1. The van der Waals surface area contributed by atoms with Crippen LogP contribution in [0.1, 0.15) is 59.7 Å². The van der Waals surface area contributed by atoms with Crippen LogP contribution < -0.4 is 10.1 Å². The van der Waals surface area contributed by atoms with Crippen molar-refractivity contribution in [2.75, 3.05) is 0 Å². The zero-order valence-electron chi connectivity index (χ0n) is 17.1. The fraction of sp³-hybridized carbons (Fsp3) is 0.435. The molecular weight excluding hydrogens is 322 g/mol. The normalized spacial score (nSPS) is 13.2.